The Morgan fingerprint density at radius 1 is 0.552 bits per heavy atom. The van der Waals surface area contributed by atoms with Gasteiger partial charge in [-0.1, -0.05) is 96.5 Å². The number of carbonyl (C=O) groups is 3. The van der Waals surface area contributed by atoms with Gasteiger partial charge in [0.2, 0.25) is 5.91 Å². The van der Waals surface area contributed by atoms with Gasteiger partial charge in [-0.2, -0.15) is 0 Å². The highest BCUT2D eigenvalue weighted by Gasteiger charge is 2.08. The summed E-state index contributed by atoms with van der Waals surface area (Å²) in [6, 6.07) is 0. The van der Waals surface area contributed by atoms with Crippen LogP contribution in [-0.2, 0) is 14.4 Å². The van der Waals surface area contributed by atoms with Crippen LogP contribution in [-0.4, -0.2) is 28.1 Å². The lowest BCUT2D eigenvalue weighted by molar-refractivity contribution is -0.137. The normalized spacial score (nSPS) is 10.6. The number of amides is 1. The number of carbonyl (C=O) groups excluding carboxylic acids is 1. The zero-order valence-corrected chi connectivity index (χ0v) is 18.1. The number of carboxylic acids is 2. The van der Waals surface area contributed by atoms with E-state index in [0.29, 0.717) is 12.8 Å². The lowest BCUT2D eigenvalue weighted by Gasteiger charge is -2.05. The van der Waals surface area contributed by atoms with Gasteiger partial charge in [0.15, 0.2) is 0 Å². The third-order valence-corrected chi connectivity index (χ3v) is 5.09. The third-order valence-electron chi connectivity index (χ3n) is 5.09. The fourth-order valence-corrected chi connectivity index (χ4v) is 3.32. The van der Waals surface area contributed by atoms with E-state index >= 15 is 0 Å². The molecule has 6 heteroatoms. The molecule has 0 atom stereocenters. The summed E-state index contributed by atoms with van der Waals surface area (Å²) in [5.74, 6) is -2.14. The van der Waals surface area contributed by atoms with Crippen LogP contribution in [0.3, 0.4) is 0 Å². The van der Waals surface area contributed by atoms with Gasteiger partial charge in [0.25, 0.3) is 0 Å². The summed E-state index contributed by atoms with van der Waals surface area (Å²) < 4.78 is 0. The van der Waals surface area contributed by atoms with Gasteiger partial charge in [0, 0.05) is 12.8 Å². The monoisotopic (exact) mass is 411 g/mol. The van der Waals surface area contributed by atoms with Crippen LogP contribution in [0.1, 0.15) is 116 Å². The van der Waals surface area contributed by atoms with Crippen molar-refractivity contribution in [3.63, 3.8) is 0 Å². The molecule has 0 saturated heterocycles. The highest BCUT2D eigenvalue weighted by molar-refractivity contribution is 5.91. The van der Waals surface area contributed by atoms with Gasteiger partial charge < -0.3 is 15.5 Å². The van der Waals surface area contributed by atoms with E-state index in [-0.39, 0.29) is 11.6 Å². The zero-order chi connectivity index (χ0) is 21.7. The number of aliphatic carboxylic acids is 2. The van der Waals surface area contributed by atoms with Gasteiger partial charge in [-0.15, -0.1) is 0 Å². The number of unbranched alkanes of at least 4 members (excludes halogenated alkanes) is 15. The largest absolute Gasteiger partial charge is 0.481 e. The molecule has 0 aliphatic carbocycles. The molecule has 3 N–H and O–H groups in total. The van der Waals surface area contributed by atoms with Gasteiger partial charge in [-0.25, -0.2) is 4.79 Å². The van der Waals surface area contributed by atoms with Crippen LogP contribution in [0.15, 0.2) is 12.3 Å². The molecule has 6 nitrogen and oxygen atoms in total. The van der Waals surface area contributed by atoms with Crippen LogP contribution in [0.2, 0.25) is 0 Å². The molecule has 0 aliphatic rings. The van der Waals surface area contributed by atoms with E-state index in [1.165, 1.54) is 64.2 Å². The summed E-state index contributed by atoms with van der Waals surface area (Å²) in [6.45, 7) is 3.28. The van der Waals surface area contributed by atoms with Crippen molar-refractivity contribution in [1.82, 2.24) is 5.32 Å². The second-order valence-corrected chi connectivity index (χ2v) is 7.88. The first kappa shape index (κ1) is 27.1. The molecule has 29 heavy (non-hydrogen) atoms. The fourth-order valence-electron chi connectivity index (χ4n) is 3.32. The minimum absolute atomic E-state index is 0.261. The molecule has 0 radical (unpaired) electrons. The molecule has 0 unspecified atom stereocenters. The molecule has 0 aromatic carbocycles. The molecule has 0 saturated carbocycles. The molecule has 0 aliphatic heterocycles. The summed E-state index contributed by atoms with van der Waals surface area (Å²) in [7, 11) is 0. The quantitative estimate of drug-likeness (QED) is 0.163. The summed E-state index contributed by atoms with van der Waals surface area (Å²) >= 11 is 0. The van der Waals surface area contributed by atoms with E-state index in [9.17, 15) is 14.4 Å². The first-order valence-corrected chi connectivity index (χ1v) is 11.4. The highest BCUT2D eigenvalue weighted by Crippen LogP contribution is 2.14. The maximum absolute atomic E-state index is 11.5. The van der Waals surface area contributed by atoms with Crippen molar-refractivity contribution in [1.29, 1.82) is 0 Å². The molecule has 0 bridgehead atoms. The summed E-state index contributed by atoms with van der Waals surface area (Å²) in [4.78, 5) is 32.4. The van der Waals surface area contributed by atoms with E-state index < -0.39 is 11.9 Å². The maximum atomic E-state index is 11.5. The van der Waals surface area contributed by atoms with Crippen molar-refractivity contribution >= 4 is 17.8 Å². The molecule has 0 spiro atoms. The maximum Gasteiger partial charge on any atom is 0.351 e. The minimum Gasteiger partial charge on any atom is -0.481 e. The zero-order valence-electron chi connectivity index (χ0n) is 18.1. The predicted molar refractivity (Wildman–Crippen MR) is 116 cm³/mol. The Labute approximate surface area is 176 Å². The third kappa shape index (κ3) is 20.7. The van der Waals surface area contributed by atoms with Gasteiger partial charge in [0.05, 0.1) is 0 Å². The van der Waals surface area contributed by atoms with E-state index in [1.54, 1.807) is 0 Å². The molecule has 0 rings (SSSR count). The molecular weight excluding hydrogens is 370 g/mol. The van der Waals surface area contributed by atoms with Crippen molar-refractivity contribution in [2.24, 2.45) is 0 Å². The van der Waals surface area contributed by atoms with Crippen LogP contribution >= 0.6 is 0 Å². The highest BCUT2D eigenvalue weighted by atomic mass is 16.4. The summed E-state index contributed by atoms with van der Waals surface area (Å²) in [6.07, 6.45) is 19.4. The van der Waals surface area contributed by atoms with Crippen LogP contribution in [0.5, 0.6) is 0 Å². The van der Waals surface area contributed by atoms with Gasteiger partial charge in [0.1, 0.15) is 5.70 Å². The average molecular weight is 412 g/mol. The first-order chi connectivity index (χ1) is 13.9. The lowest BCUT2D eigenvalue weighted by Crippen LogP contribution is -2.26. The van der Waals surface area contributed by atoms with E-state index in [2.05, 4.69) is 11.9 Å². The number of nitrogens with one attached hydrogen (secondary N) is 1. The molecule has 0 aromatic rings. The minimum atomic E-state index is -1.19. The van der Waals surface area contributed by atoms with E-state index in [4.69, 9.17) is 10.2 Å². The van der Waals surface area contributed by atoms with Crippen LogP contribution in [0.25, 0.3) is 0 Å². The summed E-state index contributed by atoms with van der Waals surface area (Å²) in [5, 5.41) is 19.5. The van der Waals surface area contributed by atoms with Crippen molar-refractivity contribution < 1.29 is 24.6 Å². The van der Waals surface area contributed by atoms with Crippen LogP contribution in [0.4, 0.5) is 0 Å². The second kappa shape index (κ2) is 19.5. The van der Waals surface area contributed by atoms with E-state index in [1.807, 2.05) is 0 Å². The van der Waals surface area contributed by atoms with Crippen LogP contribution in [0, 0.1) is 0 Å². The fraction of sp³-hybridized carbons (Fsp3) is 0.783. The predicted octanol–water partition coefficient (Wildman–Crippen LogP) is 5.81. The Kier molecular flexibility index (Phi) is 18.2. The SMILES string of the molecule is C=C(NC(=O)CCCCCCCCCCCCCCCCCCC(=O)O)C(=O)O. The molecule has 0 fully saturated rings. The molecule has 1 amide bonds. The number of carboxylic acid groups (broad SMARTS) is 2. The van der Waals surface area contributed by atoms with Crippen LogP contribution < -0.4 is 5.32 Å². The van der Waals surface area contributed by atoms with Crippen molar-refractivity contribution in [2.45, 2.75) is 116 Å². The van der Waals surface area contributed by atoms with Crippen molar-refractivity contribution in [2.75, 3.05) is 0 Å². The smallest absolute Gasteiger partial charge is 0.351 e. The Balaban J connectivity index is 3.19. The first-order valence-electron chi connectivity index (χ1n) is 11.4. The molecule has 168 valence electrons. The Bertz CT molecular complexity index is 476. The number of hydrogen-bond acceptors (Lipinski definition) is 3. The second-order valence-electron chi connectivity index (χ2n) is 7.88. The van der Waals surface area contributed by atoms with Gasteiger partial charge in [-0.3, -0.25) is 9.59 Å². The lowest BCUT2D eigenvalue weighted by atomic mass is 10.0. The average Bonchev–Trinajstić information content (AvgIpc) is 2.66. The molecule has 0 heterocycles. The van der Waals surface area contributed by atoms with Crippen molar-refractivity contribution in [3.05, 3.63) is 12.3 Å². The standard InChI is InChI=1S/C23H41NO5/c1-20(23(28)29)24-21(25)18-16-14-12-10-8-6-4-2-3-5-7-9-11-13-15-17-19-22(26)27/h1-19H2,(H,24,25)(H,26,27)(H,28,29). The Morgan fingerprint density at radius 2 is 0.862 bits per heavy atom. The van der Waals surface area contributed by atoms with Gasteiger partial charge >= 0.3 is 11.9 Å². The number of hydrogen-bond donors (Lipinski definition) is 3. The number of rotatable bonds is 21. The van der Waals surface area contributed by atoms with Gasteiger partial charge in [-0.05, 0) is 12.8 Å². The summed E-state index contributed by atoms with van der Waals surface area (Å²) in [5.41, 5.74) is -0.261. The Hall–Kier alpha value is -1.85. The Morgan fingerprint density at radius 3 is 1.17 bits per heavy atom. The van der Waals surface area contributed by atoms with Crippen molar-refractivity contribution in [3.8, 4) is 0 Å². The molecular formula is C23H41NO5. The van der Waals surface area contributed by atoms with E-state index in [0.717, 1.165) is 38.5 Å². The molecule has 0 aromatic heterocycles. The topological polar surface area (TPSA) is 104 Å².